The fraction of sp³-hybridized carbons (Fsp3) is 0.227. The Morgan fingerprint density at radius 3 is 2.50 bits per heavy atom. The minimum Gasteiger partial charge on any atom is -0.465 e. The summed E-state index contributed by atoms with van der Waals surface area (Å²) in [6, 6.07) is 19.4. The van der Waals surface area contributed by atoms with Gasteiger partial charge in [0.2, 0.25) is 5.95 Å². The highest BCUT2D eigenvalue weighted by atomic mass is 16.5. The van der Waals surface area contributed by atoms with E-state index in [2.05, 4.69) is 44.9 Å². The third-order valence-corrected chi connectivity index (χ3v) is 4.20. The summed E-state index contributed by atoms with van der Waals surface area (Å²) in [5.41, 5.74) is 3.54. The van der Waals surface area contributed by atoms with Gasteiger partial charge in [-0.1, -0.05) is 30.3 Å². The summed E-state index contributed by atoms with van der Waals surface area (Å²) in [6.07, 6.45) is 2.01. The van der Waals surface area contributed by atoms with E-state index in [9.17, 15) is 4.79 Å². The van der Waals surface area contributed by atoms with Crippen molar-refractivity contribution < 1.29 is 9.53 Å². The van der Waals surface area contributed by atoms with Crippen LogP contribution in [0.4, 0.5) is 17.5 Å². The van der Waals surface area contributed by atoms with Gasteiger partial charge in [-0.05, 0) is 49.6 Å². The van der Waals surface area contributed by atoms with Crippen LogP contribution in [0.2, 0.25) is 0 Å². The van der Waals surface area contributed by atoms with Crippen molar-refractivity contribution in [3.05, 3.63) is 77.5 Å². The number of aromatic nitrogens is 2. The van der Waals surface area contributed by atoms with E-state index in [0.29, 0.717) is 17.3 Å². The van der Waals surface area contributed by atoms with Gasteiger partial charge >= 0.3 is 5.97 Å². The van der Waals surface area contributed by atoms with Crippen LogP contribution in [-0.4, -0.2) is 29.6 Å². The van der Waals surface area contributed by atoms with E-state index in [0.717, 1.165) is 30.8 Å². The lowest BCUT2D eigenvalue weighted by Gasteiger charge is -2.10. The van der Waals surface area contributed by atoms with E-state index < -0.39 is 0 Å². The molecule has 6 nitrogen and oxygen atoms in total. The molecule has 144 valence electrons. The molecule has 0 saturated heterocycles. The van der Waals surface area contributed by atoms with Crippen molar-refractivity contribution in [2.24, 2.45) is 0 Å². The molecule has 0 bridgehead atoms. The first kappa shape index (κ1) is 19.4. The zero-order valence-electron chi connectivity index (χ0n) is 16.1. The lowest BCUT2D eigenvalue weighted by molar-refractivity contribution is 0.0601. The van der Waals surface area contributed by atoms with Gasteiger partial charge in [-0.15, -0.1) is 0 Å². The number of carbonyl (C=O) groups excluding carboxylic acids is 1. The highest BCUT2D eigenvalue weighted by Gasteiger charge is 2.06. The van der Waals surface area contributed by atoms with E-state index in [-0.39, 0.29) is 5.97 Å². The van der Waals surface area contributed by atoms with Crippen LogP contribution >= 0.6 is 0 Å². The van der Waals surface area contributed by atoms with Gasteiger partial charge in [0.1, 0.15) is 5.82 Å². The molecule has 0 atom stereocenters. The van der Waals surface area contributed by atoms with E-state index in [1.54, 1.807) is 12.1 Å². The van der Waals surface area contributed by atoms with Gasteiger partial charge in [-0.25, -0.2) is 9.78 Å². The molecule has 0 radical (unpaired) electrons. The Balaban J connectivity index is 1.57. The summed E-state index contributed by atoms with van der Waals surface area (Å²) in [5.74, 6) is 0.942. The summed E-state index contributed by atoms with van der Waals surface area (Å²) in [6.45, 7) is 2.73. The van der Waals surface area contributed by atoms with Gasteiger partial charge in [0.15, 0.2) is 0 Å². The highest BCUT2D eigenvalue weighted by molar-refractivity contribution is 5.89. The molecule has 2 aromatic carbocycles. The van der Waals surface area contributed by atoms with Crippen molar-refractivity contribution in [2.45, 2.75) is 19.8 Å². The lowest BCUT2D eigenvalue weighted by atomic mass is 10.1. The number of anilines is 3. The van der Waals surface area contributed by atoms with Crippen molar-refractivity contribution in [1.29, 1.82) is 0 Å². The Labute approximate surface area is 165 Å². The number of nitrogens with zero attached hydrogens (tertiary/aromatic N) is 2. The van der Waals surface area contributed by atoms with Gasteiger partial charge in [0, 0.05) is 24.0 Å². The van der Waals surface area contributed by atoms with Crippen LogP contribution < -0.4 is 10.6 Å². The van der Waals surface area contributed by atoms with Crippen LogP contribution in [0.5, 0.6) is 0 Å². The van der Waals surface area contributed by atoms with Crippen LogP contribution in [-0.2, 0) is 11.2 Å². The zero-order valence-corrected chi connectivity index (χ0v) is 16.1. The number of esters is 1. The Hall–Kier alpha value is -3.41. The van der Waals surface area contributed by atoms with E-state index in [4.69, 9.17) is 4.74 Å². The van der Waals surface area contributed by atoms with Crippen molar-refractivity contribution in [3.8, 4) is 0 Å². The summed E-state index contributed by atoms with van der Waals surface area (Å²) in [7, 11) is 1.37. The first-order valence-corrected chi connectivity index (χ1v) is 9.23. The van der Waals surface area contributed by atoms with Gasteiger partial charge in [0.05, 0.1) is 12.7 Å². The second-order valence-electron chi connectivity index (χ2n) is 6.43. The maximum atomic E-state index is 11.5. The molecule has 0 spiro atoms. The normalized spacial score (nSPS) is 10.4. The summed E-state index contributed by atoms with van der Waals surface area (Å²) >= 11 is 0. The molecule has 3 rings (SSSR count). The van der Waals surface area contributed by atoms with E-state index in [1.165, 1.54) is 12.7 Å². The average molecular weight is 376 g/mol. The van der Waals surface area contributed by atoms with Crippen molar-refractivity contribution >= 4 is 23.4 Å². The molecule has 0 amide bonds. The summed E-state index contributed by atoms with van der Waals surface area (Å²) in [4.78, 5) is 20.5. The quantitative estimate of drug-likeness (QED) is 0.449. The molecule has 6 heteroatoms. The number of rotatable bonds is 8. The van der Waals surface area contributed by atoms with Crippen LogP contribution in [0.25, 0.3) is 0 Å². The molecule has 0 saturated carbocycles. The molecule has 0 aliphatic carbocycles. The third kappa shape index (κ3) is 5.54. The second kappa shape index (κ2) is 9.50. The average Bonchev–Trinajstić information content (AvgIpc) is 2.71. The predicted octanol–water partition coefficient (Wildman–Crippen LogP) is 4.36. The first-order chi connectivity index (χ1) is 13.6. The number of ether oxygens (including phenoxy) is 1. The molecule has 1 aromatic heterocycles. The fourth-order valence-corrected chi connectivity index (χ4v) is 2.80. The highest BCUT2D eigenvalue weighted by Crippen LogP contribution is 2.18. The van der Waals surface area contributed by atoms with Crippen LogP contribution in [0.15, 0.2) is 60.7 Å². The Morgan fingerprint density at radius 1 is 1.04 bits per heavy atom. The molecule has 2 N–H and O–H groups in total. The Morgan fingerprint density at radius 2 is 1.79 bits per heavy atom. The van der Waals surface area contributed by atoms with Gasteiger partial charge in [-0.3, -0.25) is 0 Å². The van der Waals surface area contributed by atoms with Crippen molar-refractivity contribution in [1.82, 2.24) is 9.97 Å². The molecule has 1 heterocycles. The predicted molar refractivity (Wildman–Crippen MR) is 111 cm³/mol. The number of methoxy groups -OCH3 is 1. The molecule has 3 aromatic rings. The Kier molecular flexibility index (Phi) is 6.57. The van der Waals surface area contributed by atoms with Crippen LogP contribution in [0.3, 0.4) is 0 Å². The molecule has 0 fully saturated rings. The third-order valence-electron chi connectivity index (χ3n) is 4.20. The summed E-state index contributed by atoms with van der Waals surface area (Å²) < 4.78 is 4.71. The molecule has 0 aliphatic rings. The molecule has 0 aliphatic heterocycles. The fourth-order valence-electron chi connectivity index (χ4n) is 2.80. The minimum absolute atomic E-state index is 0.355. The van der Waals surface area contributed by atoms with Gasteiger partial charge < -0.3 is 15.4 Å². The smallest absolute Gasteiger partial charge is 0.337 e. The van der Waals surface area contributed by atoms with E-state index in [1.807, 2.05) is 31.2 Å². The van der Waals surface area contributed by atoms with Gasteiger partial charge in [-0.2, -0.15) is 4.98 Å². The lowest BCUT2D eigenvalue weighted by Crippen LogP contribution is -2.08. The number of aryl methyl sites for hydroxylation is 2. The second-order valence-corrected chi connectivity index (χ2v) is 6.43. The topological polar surface area (TPSA) is 76.1 Å². The number of benzene rings is 2. The maximum Gasteiger partial charge on any atom is 0.337 e. The standard InChI is InChI=1S/C22H24N4O2/c1-16-15-20(25-19-12-10-18(11-13-19)21(27)28-2)26-22(24-16)23-14-6-9-17-7-4-3-5-8-17/h3-5,7-8,10-13,15H,6,9,14H2,1-2H3,(H2,23,24,25,26). The zero-order chi connectivity index (χ0) is 19.8. The minimum atomic E-state index is -0.355. The molecular formula is C22H24N4O2. The first-order valence-electron chi connectivity index (χ1n) is 9.23. The number of nitrogens with one attached hydrogen (secondary N) is 2. The number of hydrogen-bond donors (Lipinski definition) is 2. The monoisotopic (exact) mass is 376 g/mol. The Bertz CT molecular complexity index is 912. The molecule has 28 heavy (non-hydrogen) atoms. The van der Waals surface area contributed by atoms with Crippen molar-refractivity contribution in [3.63, 3.8) is 0 Å². The van der Waals surface area contributed by atoms with E-state index >= 15 is 0 Å². The van der Waals surface area contributed by atoms with Crippen molar-refractivity contribution in [2.75, 3.05) is 24.3 Å². The number of hydrogen-bond acceptors (Lipinski definition) is 6. The van der Waals surface area contributed by atoms with Crippen LogP contribution in [0, 0.1) is 6.92 Å². The maximum absolute atomic E-state index is 11.5. The summed E-state index contributed by atoms with van der Waals surface area (Å²) in [5, 5.41) is 6.53. The largest absolute Gasteiger partial charge is 0.465 e. The van der Waals surface area contributed by atoms with Crippen LogP contribution in [0.1, 0.15) is 28.0 Å². The molecule has 0 unspecified atom stereocenters. The van der Waals surface area contributed by atoms with Gasteiger partial charge in [0.25, 0.3) is 0 Å². The number of carbonyl (C=O) groups is 1. The molecular weight excluding hydrogens is 352 g/mol. The SMILES string of the molecule is COC(=O)c1ccc(Nc2cc(C)nc(NCCCc3ccccc3)n2)cc1.